The van der Waals surface area contributed by atoms with Crippen LogP contribution in [0.4, 0.5) is 5.69 Å². The maximum absolute atomic E-state index is 6.23. The second-order valence-electron chi connectivity index (χ2n) is 10.9. The van der Waals surface area contributed by atoms with Gasteiger partial charge in [0.05, 0.1) is 48.6 Å². The minimum Gasteiger partial charge on any atom is -0.497 e. The Hall–Kier alpha value is -4.40. The van der Waals surface area contributed by atoms with Crippen molar-refractivity contribution in [2.75, 3.05) is 18.6 Å². The number of nitrogens with zero attached hydrogens (tertiary/aromatic N) is 7. The van der Waals surface area contributed by atoms with Crippen molar-refractivity contribution in [1.29, 1.82) is 0 Å². The molecular formula is C32H37N7O2. The van der Waals surface area contributed by atoms with Crippen molar-refractivity contribution >= 4 is 16.7 Å². The van der Waals surface area contributed by atoms with Gasteiger partial charge in [-0.05, 0) is 82.0 Å². The van der Waals surface area contributed by atoms with E-state index in [0.29, 0.717) is 25.6 Å². The van der Waals surface area contributed by atoms with E-state index in [1.54, 1.807) is 13.3 Å². The fourth-order valence-electron chi connectivity index (χ4n) is 5.49. The predicted molar refractivity (Wildman–Crippen MR) is 160 cm³/mol. The van der Waals surface area contributed by atoms with Gasteiger partial charge in [0.15, 0.2) is 0 Å². The molecular weight excluding hydrogens is 514 g/mol. The third-order valence-electron chi connectivity index (χ3n) is 7.62. The molecule has 2 bridgehead atoms. The van der Waals surface area contributed by atoms with Crippen molar-refractivity contribution in [2.45, 2.75) is 65.7 Å². The van der Waals surface area contributed by atoms with Crippen molar-refractivity contribution in [3.05, 3.63) is 77.9 Å². The van der Waals surface area contributed by atoms with E-state index in [1.165, 1.54) is 11.3 Å². The molecule has 0 amide bonds. The Morgan fingerprint density at radius 1 is 1.02 bits per heavy atom. The molecule has 0 saturated carbocycles. The van der Waals surface area contributed by atoms with Crippen LogP contribution in [-0.2, 0) is 19.6 Å². The molecule has 9 nitrogen and oxygen atoms in total. The monoisotopic (exact) mass is 551 g/mol. The first-order valence-electron chi connectivity index (χ1n) is 14.4. The number of rotatable bonds is 4. The zero-order chi connectivity index (χ0) is 28.3. The second-order valence-corrected chi connectivity index (χ2v) is 10.9. The number of aryl methyl sites for hydroxylation is 2. The molecule has 0 spiro atoms. The first-order valence-corrected chi connectivity index (χ1v) is 14.4. The summed E-state index contributed by atoms with van der Waals surface area (Å²) in [7, 11) is 1.70. The fourth-order valence-corrected chi connectivity index (χ4v) is 5.49. The van der Waals surface area contributed by atoms with Gasteiger partial charge in [-0.25, -0.2) is 9.97 Å². The van der Waals surface area contributed by atoms with Gasteiger partial charge in [0, 0.05) is 31.5 Å². The van der Waals surface area contributed by atoms with Crippen LogP contribution in [0.25, 0.3) is 22.3 Å². The van der Waals surface area contributed by atoms with E-state index in [0.717, 1.165) is 65.2 Å². The Kier molecular flexibility index (Phi) is 7.59. The zero-order valence-corrected chi connectivity index (χ0v) is 24.2. The highest BCUT2D eigenvalue weighted by atomic mass is 16.5. The summed E-state index contributed by atoms with van der Waals surface area (Å²) in [6.45, 7) is 9.21. The molecule has 0 atom stereocenters. The first kappa shape index (κ1) is 26.8. The third kappa shape index (κ3) is 5.49. The van der Waals surface area contributed by atoms with Crippen molar-refractivity contribution < 1.29 is 9.47 Å². The molecule has 41 heavy (non-hydrogen) atoms. The predicted octanol–water partition coefficient (Wildman–Crippen LogP) is 6.36. The number of benzene rings is 1. The fraction of sp³-hybridized carbons (Fsp3) is 0.375. The summed E-state index contributed by atoms with van der Waals surface area (Å²) in [4.78, 5) is 12.2. The second kappa shape index (κ2) is 11.6. The number of methoxy groups -OCH3 is 1. The largest absolute Gasteiger partial charge is 0.497 e. The SMILES string of the molecule is COc1ccc(CN2Cc3ccnn3CCCCCOc3ncccc3-c3cc2c2c(n3)c(C)nn2C(C)C)cc1. The van der Waals surface area contributed by atoms with Crippen LogP contribution in [0.5, 0.6) is 11.6 Å². The van der Waals surface area contributed by atoms with Crippen LogP contribution in [0.15, 0.2) is 60.9 Å². The van der Waals surface area contributed by atoms with Gasteiger partial charge in [-0.1, -0.05) is 12.1 Å². The van der Waals surface area contributed by atoms with Crippen LogP contribution in [0.1, 0.15) is 56.1 Å². The molecule has 0 unspecified atom stereocenters. The molecule has 0 fully saturated rings. The molecule has 6 rings (SSSR count). The topological polar surface area (TPSA) is 83.1 Å². The van der Waals surface area contributed by atoms with Crippen molar-refractivity contribution in [1.82, 2.24) is 29.5 Å². The highest BCUT2D eigenvalue weighted by molar-refractivity contribution is 5.93. The first-order chi connectivity index (χ1) is 20.0. The van der Waals surface area contributed by atoms with Crippen LogP contribution in [0.2, 0.25) is 0 Å². The third-order valence-corrected chi connectivity index (χ3v) is 7.62. The van der Waals surface area contributed by atoms with Crippen LogP contribution >= 0.6 is 0 Å². The Morgan fingerprint density at radius 2 is 1.88 bits per heavy atom. The van der Waals surface area contributed by atoms with Crippen LogP contribution in [-0.4, -0.2) is 43.2 Å². The highest BCUT2D eigenvalue weighted by Crippen LogP contribution is 2.37. The number of fused-ring (bicyclic) bond motifs is 7. The van der Waals surface area contributed by atoms with Gasteiger partial charge in [0.1, 0.15) is 16.8 Å². The molecule has 4 aromatic heterocycles. The molecule has 1 aromatic carbocycles. The molecule has 9 heteroatoms. The average molecular weight is 552 g/mol. The number of aromatic nitrogens is 6. The van der Waals surface area contributed by atoms with Gasteiger partial charge in [-0.3, -0.25) is 9.36 Å². The number of ether oxygens (including phenoxy) is 2. The minimum atomic E-state index is 0.164. The molecule has 0 aliphatic carbocycles. The van der Waals surface area contributed by atoms with Crippen molar-refractivity contribution in [3.63, 3.8) is 0 Å². The maximum Gasteiger partial charge on any atom is 0.222 e. The summed E-state index contributed by atoms with van der Waals surface area (Å²) in [5.74, 6) is 1.46. The molecule has 0 radical (unpaired) electrons. The maximum atomic E-state index is 6.23. The quantitative estimate of drug-likeness (QED) is 0.257. The van der Waals surface area contributed by atoms with E-state index in [1.807, 2.05) is 37.4 Å². The molecule has 5 aromatic rings. The normalized spacial score (nSPS) is 14.2. The Labute approximate surface area is 240 Å². The Bertz CT molecular complexity index is 1640. The summed E-state index contributed by atoms with van der Waals surface area (Å²) < 4.78 is 15.9. The van der Waals surface area contributed by atoms with Crippen LogP contribution in [0.3, 0.4) is 0 Å². The zero-order valence-electron chi connectivity index (χ0n) is 24.2. The standard InChI is InChI=1S/C32H37N7O2/c1-22(2)39-31-29-19-28(35-30(31)23(3)36-39)27-9-8-15-33-32(27)41-18-7-5-6-17-38-25(14-16-34-38)21-37(29)20-24-10-12-26(40-4)13-11-24/h8-16,19,22H,5-7,17-18,20-21H2,1-4H3. The lowest BCUT2D eigenvalue weighted by Gasteiger charge is -2.27. The average Bonchev–Trinajstić information content (AvgIpc) is 3.57. The number of hydrogen-bond acceptors (Lipinski definition) is 7. The summed E-state index contributed by atoms with van der Waals surface area (Å²) in [5, 5.41) is 9.64. The lowest BCUT2D eigenvalue weighted by molar-refractivity contribution is 0.293. The van der Waals surface area contributed by atoms with E-state index in [2.05, 4.69) is 62.5 Å². The Morgan fingerprint density at radius 3 is 2.68 bits per heavy atom. The summed E-state index contributed by atoms with van der Waals surface area (Å²) in [6.07, 6.45) is 6.73. The van der Waals surface area contributed by atoms with Crippen molar-refractivity contribution in [2.24, 2.45) is 0 Å². The lowest BCUT2D eigenvalue weighted by Crippen LogP contribution is -2.25. The van der Waals surface area contributed by atoms with Crippen LogP contribution < -0.4 is 14.4 Å². The molecule has 5 heterocycles. The van der Waals surface area contributed by atoms with Gasteiger partial charge in [0.2, 0.25) is 5.88 Å². The van der Waals surface area contributed by atoms with E-state index >= 15 is 0 Å². The van der Waals surface area contributed by atoms with Gasteiger partial charge < -0.3 is 14.4 Å². The number of anilines is 1. The molecule has 0 N–H and O–H groups in total. The summed E-state index contributed by atoms with van der Waals surface area (Å²) >= 11 is 0. The number of hydrogen-bond donors (Lipinski definition) is 0. The smallest absolute Gasteiger partial charge is 0.222 e. The Balaban J connectivity index is 1.58. The summed E-state index contributed by atoms with van der Waals surface area (Å²) in [5.41, 5.74) is 7.93. The van der Waals surface area contributed by atoms with Gasteiger partial charge in [0.25, 0.3) is 0 Å². The lowest BCUT2D eigenvalue weighted by atomic mass is 10.1. The van der Waals surface area contributed by atoms with Gasteiger partial charge in [-0.2, -0.15) is 10.2 Å². The molecule has 212 valence electrons. The van der Waals surface area contributed by atoms with Gasteiger partial charge in [-0.15, -0.1) is 0 Å². The minimum absolute atomic E-state index is 0.164. The summed E-state index contributed by atoms with van der Waals surface area (Å²) in [6, 6.07) is 16.7. The van der Waals surface area contributed by atoms with Gasteiger partial charge >= 0.3 is 0 Å². The molecule has 1 aliphatic heterocycles. The van der Waals surface area contributed by atoms with Crippen molar-refractivity contribution in [3.8, 4) is 22.9 Å². The van der Waals surface area contributed by atoms with E-state index in [9.17, 15) is 0 Å². The molecule has 1 aliphatic rings. The van der Waals surface area contributed by atoms with E-state index < -0.39 is 0 Å². The number of pyridine rings is 2. The van der Waals surface area contributed by atoms with Crippen LogP contribution in [0, 0.1) is 6.92 Å². The van der Waals surface area contributed by atoms with E-state index in [-0.39, 0.29) is 6.04 Å². The highest BCUT2D eigenvalue weighted by Gasteiger charge is 2.24. The van der Waals surface area contributed by atoms with E-state index in [4.69, 9.17) is 19.6 Å². The molecule has 0 saturated heterocycles.